The summed E-state index contributed by atoms with van der Waals surface area (Å²) in [5.74, 6) is -0.743. The third-order valence-electron chi connectivity index (χ3n) is 5.81. The fraction of sp³-hybridized carbons (Fsp3) is 0.409. The van der Waals surface area contributed by atoms with Gasteiger partial charge in [0.2, 0.25) is 0 Å². The number of anilines is 1. The van der Waals surface area contributed by atoms with E-state index in [0.717, 1.165) is 10.7 Å². The van der Waals surface area contributed by atoms with Gasteiger partial charge in [-0.1, -0.05) is 18.2 Å². The van der Waals surface area contributed by atoms with Gasteiger partial charge < -0.3 is 14.6 Å². The van der Waals surface area contributed by atoms with Crippen molar-refractivity contribution in [3.63, 3.8) is 0 Å². The fourth-order valence-electron chi connectivity index (χ4n) is 4.05. The summed E-state index contributed by atoms with van der Waals surface area (Å²) >= 11 is 0. The largest absolute Gasteiger partial charge is 0.381 e. The molecular weight excluding hydrogens is 425 g/mol. The Bertz CT molecular complexity index is 1270. The molecule has 1 saturated heterocycles. The first-order valence-electron chi connectivity index (χ1n) is 10.3. The van der Waals surface area contributed by atoms with Crippen molar-refractivity contribution in [2.45, 2.75) is 38.3 Å². The molecule has 1 unspecified atom stereocenters. The molecular formula is C22H23F3N4O3. The van der Waals surface area contributed by atoms with E-state index in [1.807, 2.05) is 0 Å². The molecule has 1 aromatic carbocycles. The maximum absolute atomic E-state index is 14.6. The molecule has 0 radical (unpaired) electrons. The minimum absolute atomic E-state index is 0.0457. The van der Waals surface area contributed by atoms with Crippen LogP contribution in [0.2, 0.25) is 0 Å². The molecule has 32 heavy (non-hydrogen) atoms. The summed E-state index contributed by atoms with van der Waals surface area (Å²) in [6.07, 6.45) is -0.0287. The number of ether oxygens (including phenoxy) is 1. The Kier molecular flexibility index (Phi) is 6.05. The molecule has 0 saturated carbocycles. The van der Waals surface area contributed by atoms with Crippen molar-refractivity contribution in [1.29, 1.82) is 0 Å². The van der Waals surface area contributed by atoms with Crippen LogP contribution in [-0.2, 0) is 11.8 Å². The number of aromatic nitrogens is 3. The third kappa shape index (κ3) is 4.02. The second-order valence-corrected chi connectivity index (χ2v) is 7.88. The minimum Gasteiger partial charge on any atom is -0.381 e. The average molecular weight is 448 g/mol. The van der Waals surface area contributed by atoms with E-state index in [9.17, 15) is 22.8 Å². The molecule has 1 aliphatic heterocycles. The Hall–Kier alpha value is -3.14. The van der Waals surface area contributed by atoms with Crippen LogP contribution in [0.5, 0.6) is 0 Å². The number of fused-ring (bicyclic) bond motifs is 1. The number of rotatable bonds is 5. The standard InChI is InChI=1S/C22H23F3N4O3/c1-12(14-4-3-5-15(19(14)23)20(24)25)26-21-17-11-29(13-6-8-32-9-7-13)18(30)10-16(17)22(31)28(2)27-21/h3-5,10-13,20H,6-9H2,1-2H3,(H,26,27). The van der Waals surface area contributed by atoms with E-state index in [0.29, 0.717) is 31.4 Å². The Labute approximate surface area is 181 Å². The van der Waals surface area contributed by atoms with Gasteiger partial charge in [-0.05, 0) is 19.8 Å². The number of aryl methyl sites for hydroxylation is 1. The summed E-state index contributed by atoms with van der Waals surface area (Å²) < 4.78 is 48.9. The van der Waals surface area contributed by atoms with Gasteiger partial charge in [0.05, 0.1) is 17.0 Å². The fourth-order valence-corrected chi connectivity index (χ4v) is 4.05. The van der Waals surface area contributed by atoms with Crippen molar-refractivity contribution in [3.8, 4) is 0 Å². The molecule has 0 spiro atoms. The van der Waals surface area contributed by atoms with Gasteiger partial charge in [-0.3, -0.25) is 9.59 Å². The maximum atomic E-state index is 14.6. The molecule has 1 aliphatic rings. The first-order chi connectivity index (χ1) is 15.3. The zero-order valence-electron chi connectivity index (χ0n) is 17.6. The SMILES string of the molecule is CC(Nc1nn(C)c(=O)c2cc(=O)n(C3CCOCC3)cc12)c1cccc(C(F)F)c1F. The second kappa shape index (κ2) is 8.78. The molecule has 0 aliphatic carbocycles. The quantitative estimate of drug-likeness (QED) is 0.644. The summed E-state index contributed by atoms with van der Waals surface area (Å²) in [5, 5.41) is 7.85. The topological polar surface area (TPSA) is 78.2 Å². The zero-order chi connectivity index (χ0) is 23.0. The van der Waals surface area contributed by atoms with Gasteiger partial charge >= 0.3 is 0 Å². The lowest BCUT2D eigenvalue weighted by Gasteiger charge is -2.25. The molecule has 2 aromatic heterocycles. The van der Waals surface area contributed by atoms with Crippen LogP contribution in [0, 0.1) is 5.82 Å². The van der Waals surface area contributed by atoms with E-state index in [1.54, 1.807) is 17.7 Å². The number of nitrogens with one attached hydrogen (secondary N) is 1. The normalized spacial score (nSPS) is 15.9. The minimum atomic E-state index is -2.94. The number of nitrogens with zero attached hydrogens (tertiary/aromatic N) is 3. The van der Waals surface area contributed by atoms with E-state index in [-0.39, 0.29) is 28.4 Å². The van der Waals surface area contributed by atoms with Crippen LogP contribution >= 0.6 is 0 Å². The Morgan fingerprint density at radius 2 is 1.84 bits per heavy atom. The van der Waals surface area contributed by atoms with E-state index in [1.165, 1.54) is 25.2 Å². The summed E-state index contributed by atoms with van der Waals surface area (Å²) in [4.78, 5) is 25.3. The zero-order valence-corrected chi connectivity index (χ0v) is 17.6. The molecule has 0 amide bonds. The molecule has 7 nitrogen and oxygen atoms in total. The van der Waals surface area contributed by atoms with Gasteiger partial charge in [0.15, 0.2) is 5.82 Å². The molecule has 1 fully saturated rings. The van der Waals surface area contributed by atoms with Crippen molar-refractivity contribution in [3.05, 3.63) is 68.1 Å². The molecule has 0 bridgehead atoms. The summed E-state index contributed by atoms with van der Waals surface area (Å²) in [6, 6.07) is 4.31. The van der Waals surface area contributed by atoms with Gasteiger partial charge in [0, 0.05) is 49.5 Å². The second-order valence-electron chi connectivity index (χ2n) is 7.88. The summed E-state index contributed by atoms with van der Waals surface area (Å²) in [7, 11) is 1.44. The van der Waals surface area contributed by atoms with Crippen molar-refractivity contribution < 1.29 is 17.9 Å². The smallest absolute Gasteiger partial charge is 0.274 e. The van der Waals surface area contributed by atoms with E-state index < -0.39 is 29.4 Å². The van der Waals surface area contributed by atoms with Gasteiger partial charge in [-0.2, -0.15) is 5.10 Å². The van der Waals surface area contributed by atoms with Gasteiger partial charge in [0.25, 0.3) is 17.5 Å². The number of halogens is 3. The molecule has 1 atom stereocenters. The molecule has 3 aromatic rings. The molecule has 3 heterocycles. The van der Waals surface area contributed by atoms with E-state index >= 15 is 0 Å². The first kappa shape index (κ1) is 22.1. The highest BCUT2D eigenvalue weighted by molar-refractivity contribution is 5.90. The Morgan fingerprint density at radius 3 is 2.53 bits per heavy atom. The molecule has 4 rings (SSSR count). The van der Waals surface area contributed by atoms with E-state index in [2.05, 4.69) is 10.4 Å². The van der Waals surface area contributed by atoms with Gasteiger partial charge in [0.1, 0.15) is 5.82 Å². The number of alkyl halides is 2. The van der Waals surface area contributed by atoms with E-state index in [4.69, 9.17) is 4.74 Å². The predicted octanol–water partition coefficient (Wildman–Crippen LogP) is 3.70. The molecule has 10 heteroatoms. The van der Waals surface area contributed by atoms with Crippen LogP contribution < -0.4 is 16.4 Å². The molecule has 170 valence electrons. The number of benzene rings is 1. The highest BCUT2D eigenvalue weighted by Crippen LogP contribution is 2.30. The lowest BCUT2D eigenvalue weighted by molar-refractivity contribution is 0.0688. The van der Waals surface area contributed by atoms with Crippen LogP contribution in [-0.4, -0.2) is 27.6 Å². The Morgan fingerprint density at radius 1 is 1.16 bits per heavy atom. The van der Waals surface area contributed by atoms with Crippen LogP contribution in [0.15, 0.2) is 40.1 Å². The number of hydrogen-bond acceptors (Lipinski definition) is 5. The number of pyridine rings is 1. The lowest BCUT2D eigenvalue weighted by atomic mass is 10.0. The number of hydrogen-bond donors (Lipinski definition) is 1. The van der Waals surface area contributed by atoms with Crippen molar-refractivity contribution in [2.75, 3.05) is 18.5 Å². The van der Waals surface area contributed by atoms with Crippen molar-refractivity contribution >= 4 is 16.6 Å². The highest BCUT2D eigenvalue weighted by atomic mass is 19.3. The Balaban J connectivity index is 1.80. The van der Waals surface area contributed by atoms with Crippen LogP contribution in [0.4, 0.5) is 19.0 Å². The van der Waals surface area contributed by atoms with Crippen LogP contribution in [0.25, 0.3) is 10.8 Å². The maximum Gasteiger partial charge on any atom is 0.274 e. The molecule has 1 N–H and O–H groups in total. The van der Waals surface area contributed by atoms with Gasteiger partial charge in [-0.15, -0.1) is 0 Å². The lowest BCUT2D eigenvalue weighted by Crippen LogP contribution is -2.30. The van der Waals surface area contributed by atoms with Crippen molar-refractivity contribution in [2.24, 2.45) is 7.05 Å². The average Bonchev–Trinajstić information content (AvgIpc) is 2.77. The van der Waals surface area contributed by atoms with Crippen LogP contribution in [0.1, 0.15) is 49.4 Å². The predicted molar refractivity (Wildman–Crippen MR) is 114 cm³/mol. The summed E-state index contributed by atoms with van der Waals surface area (Å²) in [6.45, 7) is 2.68. The van der Waals surface area contributed by atoms with Crippen LogP contribution in [0.3, 0.4) is 0 Å². The first-order valence-corrected chi connectivity index (χ1v) is 10.3. The summed E-state index contributed by atoms with van der Waals surface area (Å²) in [5.41, 5.74) is -1.38. The van der Waals surface area contributed by atoms with Crippen molar-refractivity contribution in [1.82, 2.24) is 14.3 Å². The monoisotopic (exact) mass is 448 g/mol. The highest BCUT2D eigenvalue weighted by Gasteiger charge is 2.22. The van der Waals surface area contributed by atoms with Gasteiger partial charge in [-0.25, -0.2) is 17.9 Å². The third-order valence-corrected chi connectivity index (χ3v) is 5.81.